The number of nitrogens with zero attached hydrogens (tertiary/aromatic N) is 2. The molecule has 0 N–H and O–H groups in total. The number of rotatable bonds is 4. The third-order valence-corrected chi connectivity index (χ3v) is 12.8. The highest BCUT2D eigenvalue weighted by atomic mass is 16.3. The monoisotopic (exact) mass is 738 g/mol. The molecule has 0 fully saturated rings. The largest absolute Gasteiger partial charge is 0.454 e. The molecule has 1 aliphatic rings. The van der Waals surface area contributed by atoms with E-state index in [1.54, 1.807) is 0 Å². The first-order valence-corrected chi connectivity index (χ1v) is 20.0. The smallest absolute Gasteiger partial charge is 0.162 e. The average Bonchev–Trinajstić information content (AvgIpc) is 4.03. The molecule has 13 rings (SSSR count). The molecule has 0 amide bonds. The average molecular weight is 739 g/mol. The van der Waals surface area contributed by atoms with Crippen molar-refractivity contribution < 1.29 is 4.42 Å². The summed E-state index contributed by atoms with van der Waals surface area (Å²) in [6.45, 7) is 0. The van der Waals surface area contributed by atoms with Gasteiger partial charge in [0.15, 0.2) is 5.58 Å². The third kappa shape index (κ3) is 3.97. The van der Waals surface area contributed by atoms with Crippen LogP contribution in [0.15, 0.2) is 211 Å². The van der Waals surface area contributed by atoms with Gasteiger partial charge in [-0.3, -0.25) is 0 Å². The summed E-state index contributed by atoms with van der Waals surface area (Å²) in [7, 11) is 0. The van der Waals surface area contributed by atoms with Crippen molar-refractivity contribution >= 4 is 65.6 Å². The summed E-state index contributed by atoms with van der Waals surface area (Å²) < 4.78 is 12.0. The molecule has 12 aromatic rings. The van der Waals surface area contributed by atoms with E-state index >= 15 is 0 Å². The molecule has 0 spiro atoms. The summed E-state index contributed by atoms with van der Waals surface area (Å²) in [4.78, 5) is 0. The fourth-order valence-corrected chi connectivity index (χ4v) is 10.6. The maximum atomic E-state index is 7.08. The zero-order valence-electron chi connectivity index (χ0n) is 31.4. The van der Waals surface area contributed by atoms with Crippen LogP contribution in [0.2, 0.25) is 0 Å². The summed E-state index contributed by atoms with van der Waals surface area (Å²) >= 11 is 0. The molecule has 3 heteroatoms. The van der Waals surface area contributed by atoms with Crippen LogP contribution < -0.4 is 0 Å². The number of fused-ring (bicyclic) bond motifs is 15. The van der Waals surface area contributed by atoms with Gasteiger partial charge in [0.25, 0.3) is 0 Å². The normalized spacial score (nSPS) is 13.3. The Morgan fingerprint density at radius 1 is 0.362 bits per heavy atom. The highest BCUT2D eigenvalue weighted by molar-refractivity contribution is 6.39. The quantitative estimate of drug-likeness (QED) is 0.176. The molecule has 58 heavy (non-hydrogen) atoms. The Bertz CT molecular complexity index is 3570. The van der Waals surface area contributed by atoms with Gasteiger partial charge in [-0.1, -0.05) is 164 Å². The van der Waals surface area contributed by atoms with E-state index in [0.29, 0.717) is 0 Å². The van der Waals surface area contributed by atoms with E-state index in [0.717, 1.165) is 55.4 Å². The lowest BCUT2D eigenvalue weighted by molar-refractivity contribution is 0.671. The standard InChI is InChI=1S/C55H34N2O/c1-4-18-35(19-5-1)55(36-20-6-2-7-21-36)44-28-14-10-24-39(44)40-33-32-38(34-45(40)55)57-47-30-16-11-25-41(47)49-50-42-26-12-15-29-46(42)56(37-22-8-3-9-23-37)53(50)54-51(52(49)57)43-27-13-17-31-48(43)58-54/h1-34H. The van der Waals surface area contributed by atoms with E-state index in [2.05, 4.69) is 215 Å². The Hall–Kier alpha value is -7.62. The first-order chi connectivity index (χ1) is 28.8. The highest BCUT2D eigenvalue weighted by Gasteiger charge is 2.46. The summed E-state index contributed by atoms with van der Waals surface area (Å²) in [5.41, 5.74) is 15.7. The van der Waals surface area contributed by atoms with Crippen LogP contribution in [0.25, 0.3) is 88.1 Å². The zero-order valence-corrected chi connectivity index (χ0v) is 31.4. The third-order valence-electron chi connectivity index (χ3n) is 12.8. The molecule has 0 radical (unpaired) electrons. The Labute approximate surface area is 334 Å². The number of furan rings is 1. The van der Waals surface area contributed by atoms with E-state index in [1.165, 1.54) is 54.9 Å². The van der Waals surface area contributed by atoms with Gasteiger partial charge >= 0.3 is 0 Å². The van der Waals surface area contributed by atoms with Crippen LogP contribution >= 0.6 is 0 Å². The SMILES string of the molecule is c1ccc(-n2c3ccccc3c3c4c5ccccc5n(-c5ccc6c(c5)C(c5ccccc5)(c5ccccc5)c5ccccc5-6)c4c4c5ccccc5oc4c32)cc1. The fourth-order valence-electron chi connectivity index (χ4n) is 10.6. The topological polar surface area (TPSA) is 23.0 Å². The zero-order chi connectivity index (χ0) is 38.0. The Balaban J connectivity index is 1.24. The lowest BCUT2D eigenvalue weighted by atomic mass is 9.67. The number of benzene rings is 9. The molecule has 0 unspecified atom stereocenters. The van der Waals surface area contributed by atoms with E-state index in [4.69, 9.17) is 4.42 Å². The van der Waals surface area contributed by atoms with Crippen molar-refractivity contribution in [2.45, 2.75) is 5.41 Å². The predicted molar refractivity (Wildman–Crippen MR) is 240 cm³/mol. The van der Waals surface area contributed by atoms with Gasteiger partial charge in [0.1, 0.15) is 5.58 Å². The van der Waals surface area contributed by atoms with E-state index < -0.39 is 5.41 Å². The number of hydrogen-bond donors (Lipinski definition) is 0. The van der Waals surface area contributed by atoms with Gasteiger partial charge in [-0.05, 0) is 75.8 Å². The van der Waals surface area contributed by atoms with Crippen LogP contribution in [0.5, 0.6) is 0 Å². The number of para-hydroxylation sites is 4. The summed E-state index contributed by atoms with van der Waals surface area (Å²) in [6.07, 6.45) is 0. The Kier molecular flexibility index (Phi) is 6.37. The van der Waals surface area contributed by atoms with E-state index in [-0.39, 0.29) is 0 Å². The fraction of sp³-hybridized carbons (Fsp3) is 0.0182. The second kappa shape index (κ2) is 11.7. The summed E-state index contributed by atoms with van der Waals surface area (Å²) in [5.74, 6) is 0. The molecule has 0 aliphatic heterocycles. The van der Waals surface area contributed by atoms with Gasteiger partial charge in [0.05, 0.1) is 32.9 Å². The molecule has 0 atom stereocenters. The summed E-state index contributed by atoms with van der Waals surface area (Å²) in [5, 5.41) is 7.08. The Morgan fingerprint density at radius 3 is 1.57 bits per heavy atom. The maximum Gasteiger partial charge on any atom is 0.162 e. The lowest BCUT2D eigenvalue weighted by Crippen LogP contribution is -2.28. The molecular weight excluding hydrogens is 705 g/mol. The van der Waals surface area contributed by atoms with Crippen molar-refractivity contribution in [1.29, 1.82) is 0 Å². The molecule has 1 aliphatic carbocycles. The van der Waals surface area contributed by atoms with E-state index in [9.17, 15) is 0 Å². The van der Waals surface area contributed by atoms with E-state index in [1.807, 2.05) is 0 Å². The summed E-state index contributed by atoms with van der Waals surface area (Å²) in [6, 6.07) is 75.3. The first kappa shape index (κ1) is 31.6. The van der Waals surface area contributed by atoms with Crippen molar-refractivity contribution in [3.05, 3.63) is 229 Å². The molecule has 0 bridgehead atoms. The molecular formula is C55H34N2O. The van der Waals surface area contributed by atoms with Crippen LogP contribution in [0.4, 0.5) is 0 Å². The van der Waals surface area contributed by atoms with Gasteiger partial charge in [-0.2, -0.15) is 0 Å². The molecule has 270 valence electrons. The minimum absolute atomic E-state index is 0.517. The second-order valence-corrected chi connectivity index (χ2v) is 15.5. The molecule has 0 saturated carbocycles. The molecule has 3 nitrogen and oxygen atoms in total. The van der Waals surface area contributed by atoms with Gasteiger partial charge in [-0.25, -0.2) is 0 Å². The van der Waals surface area contributed by atoms with Crippen LogP contribution in [-0.2, 0) is 5.41 Å². The van der Waals surface area contributed by atoms with Gasteiger partial charge in [0, 0.05) is 38.3 Å². The van der Waals surface area contributed by atoms with Crippen molar-refractivity contribution in [2.24, 2.45) is 0 Å². The molecule has 3 heterocycles. The van der Waals surface area contributed by atoms with Crippen LogP contribution in [0.3, 0.4) is 0 Å². The molecule has 9 aromatic carbocycles. The molecule has 3 aromatic heterocycles. The number of aromatic nitrogens is 2. The van der Waals surface area contributed by atoms with Crippen LogP contribution in [-0.4, -0.2) is 9.13 Å². The van der Waals surface area contributed by atoms with Crippen molar-refractivity contribution in [1.82, 2.24) is 9.13 Å². The molecule has 0 saturated heterocycles. The van der Waals surface area contributed by atoms with Crippen LogP contribution in [0.1, 0.15) is 22.3 Å². The van der Waals surface area contributed by atoms with Crippen molar-refractivity contribution in [3.8, 4) is 22.5 Å². The van der Waals surface area contributed by atoms with Gasteiger partial charge in [0.2, 0.25) is 0 Å². The minimum Gasteiger partial charge on any atom is -0.454 e. The second-order valence-electron chi connectivity index (χ2n) is 15.5. The van der Waals surface area contributed by atoms with Crippen molar-refractivity contribution in [3.63, 3.8) is 0 Å². The number of hydrogen-bond acceptors (Lipinski definition) is 1. The Morgan fingerprint density at radius 2 is 0.879 bits per heavy atom. The lowest BCUT2D eigenvalue weighted by Gasteiger charge is -2.34. The van der Waals surface area contributed by atoms with Gasteiger partial charge < -0.3 is 13.6 Å². The highest BCUT2D eigenvalue weighted by Crippen LogP contribution is 2.57. The minimum atomic E-state index is -0.517. The predicted octanol–water partition coefficient (Wildman–Crippen LogP) is 14.1. The maximum absolute atomic E-state index is 7.08. The first-order valence-electron chi connectivity index (χ1n) is 20.0. The van der Waals surface area contributed by atoms with Gasteiger partial charge in [-0.15, -0.1) is 0 Å². The van der Waals surface area contributed by atoms with Crippen molar-refractivity contribution in [2.75, 3.05) is 0 Å². The van der Waals surface area contributed by atoms with Crippen LogP contribution in [0, 0.1) is 0 Å².